The second-order valence-corrected chi connectivity index (χ2v) is 9.43. The van der Waals surface area contributed by atoms with Crippen LogP contribution in [0.4, 0.5) is 5.69 Å². The molecule has 0 radical (unpaired) electrons. The van der Waals surface area contributed by atoms with Gasteiger partial charge < -0.3 is 14.1 Å². The van der Waals surface area contributed by atoms with E-state index in [1.54, 1.807) is 42.0 Å². The lowest BCUT2D eigenvalue weighted by atomic mass is 9.95. The van der Waals surface area contributed by atoms with Crippen molar-refractivity contribution >= 4 is 34.8 Å². The number of aromatic nitrogens is 1. The van der Waals surface area contributed by atoms with Gasteiger partial charge in [0.05, 0.1) is 23.2 Å². The molecule has 8 nitrogen and oxygen atoms in total. The van der Waals surface area contributed by atoms with Crippen molar-refractivity contribution in [3.8, 4) is 10.8 Å². The van der Waals surface area contributed by atoms with E-state index in [4.69, 9.17) is 9.15 Å². The minimum absolute atomic E-state index is 0.0643. The fourth-order valence-electron chi connectivity index (χ4n) is 4.51. The number of hydrogen-bond acceptors (Lipinski definition) is 7. The average molecular weight is 466 g/mol. The minimum Gasteiger partial charge on any atom is -0.462 e. The molecule has 1 unspecified atom stereocenters. The number of carbonyl (C=O) groups excluding carboxylic acids is 3. The summed E-state index contributed by atoms with van der Waals surface area (Å²) < 4.78 is 11.1. The van der Waals surface area contributed by atoms with Gasteiger partial charge in [-0.2, -0.15) is 0 Å². The van der Waals surface area contributed by atoms with Crippen LogP contribution in [0.2, 0.25) is 0 Å². The van der Waals surface area contributed by atoms with Crippen molar-refractivity contribution in [3.05, 3.63) is 59.3 Å². The Kier molecular flexibility index (Phi) is 5.28. The van der Waals surface area contributed by atoms with Crippen LogP contribution in [0.5, 0.6) is 0 Å². The first-order valence-electron chi connectivity index (χ1n) is 10.8. The third kappa shape index (κ3) is 3.43. The largest absolute Gasteiger partial charge is 0.462 e. The second-order valence-electron chi connectivity index (χ2n) is 8.57. The zero-order valence-electron chi connectivity index (χ0n) is 18.3. The predicted molar refractivity (Wildman–Crippen MR) is 121 cm³/mol. The summed E-state index contributed by atoms with van der Waals surface area (Å²) in [6, 6.07) is 10.5. The van der Waals surface area contributed by atoms with Crippen LogP contribution in [-0.2, 0) is 20.9 Å². The van der Waals surface area contributed by atoms with Crippen molar-refractivity contribution in [1.29, 1.82) is 0 Å². The van der Waals surface area contributed by atoms with Gasteiger partial charge in [-0.25, -0.2) is 9.78 Å². The Morgan fingerprint density at radius 3 is 2.82 bits per heavy atom. The van der Waals surface area contributed by atoms with E-state index in [1.807, 2.05) is 19.9 Å². The number of amides is 2. The Balaban J connectivity index is 1.47. The number of carbonyl (C=O) groups is 3. The van der Waals surface area contributed by atoms with E-state index in [0.29, 0.717) is 34.3 Å². The van der Waals surface area contributed by atoms with Gasteiger partial charge in [0, 0.05) is 24.8 Å². The molecule has 0 aliphatic carbocycles. The normalized spacial score (nSPS) is 19.7. The molecule has 170 valence electrons. The van der Waals surface area contributed by atoms with Crippen molar-refractivity contribution in [2.45, 2.75) is 39.0 Å². The molecule has 1 saturated heterocycles. The molecule has 33 heavy (non-hydrogen) atoms. The molecule has 1 fully saturated rings. The number of rotatable bonds is 6. The number of ether oxygens (including phenoxy) is 1. The van der Waals surface area contributed by atoms with Crippen LogP contribution < -0.4 is 4.90 Å². The highest BCUT2D eigenvalue weighted by Crippen LogP contribution is 2.45. The molecule has 0 saturated carbocycles. The lowest BCUT2D eigenvalue weighted by Crippen LogP contribution is -2.69. The maximum absolute atomic E-state index is 13.7. The first kappa shape index (κ1) is 21.4. The van der Waals surface area contributed by atoms with Crippen LogP contribution in [0.3, 0.4) is 0 Å². The lowest BCUT2D eigenvalue weighted by Gasteiger charge is -2.48. The van der Waals surface area contributed by atoms with E-state index in [1.165, 1.54) is 21.1 Å². The molecule has 2 aliphatic heterocycles. The van der Waals surface area contributed by atoms with Crippen LogP contribution >= 0.6 is 11.3 Å². The Labute approximate surface area is 194 Å². The summed E-state index contributed by atoms with van der Waals surface area (Å²) in [7, 11) is 0. The van der Waals surface area contributed by atoms with E-state index >= 15 is 0 Å². The summed E-state index contributed by atoms with van der Waals surface area (Å²) >= 11 is 1.39. The van der Waals surface area contributed by atoms with Gasteiger partial charge in [-0.15, -0.1) is 11.3 Å². The highest BCUT2D eigenvalue weighted by atomic mass is 32.1. The van der Waals surface area contributed by atoms with E-state index in [-0.39, 0.29) is 37.2 Å². The third-order valence-electron chi connectivity index (χ3n) is 5.88. The van der Waals surface area contributed by atoms with E-state index < -0.39 is 11.6 Å². The smallest absolute Gasteiger partial charge is 0.354 e. The van der Waals surface area contributed by atoms with Crippen LogP contribution in [-0.4, -0.2) is 39.9 Å². The van der Waals surface area contributed by atoms with E-state index in [2.05, 4.69) is 4.98 Å². The van der Waals surface area contributed by atoms with Crippen molar-refractivity contribution in [2.24, 2.45) is 5.92 Å². The van der Waals surface area contributed by atoms with Gasteiger partial charge in [0.15, 0.2) is 10.8 Å². The zero-order chi connectivity index (χ0) is 23.2. The van der Waals surface area contributed by atoms with Crippen molar-refractivity contribution < 1.29 is 23.5 Å². The maximum Gasteiger partial charge on any atom is 0.354 e. The van der Waals surface area contributed by atoms with Gasteiger partial charge in [-0.3, -0.25) is 14.5 Å². The molecule has 0 N–H and O–H groups in total. The number of thiazole rings is 1. The van der Waals surface area contributed by atoms with E-state index in [9.17, 15) is 14.4 Å². The van der Waals surface area contributed by atoms with Crippen LogP contribution in [0.15, 0.2) is 52.5 Å². The van der Waals surface area contributed by atoms with Crippen LogP contribution in [0.1, 0.15) is 42.7 Å². The number of para-hydroxylation sites is 1. The number of furan rings is 1. The Morgan fingerprint density at radius 2 is 2.06 bits per heavy atom. The Bertz CT molecular complexity index is 1220. The fraction of sp³-hybridized carbons (Fsp3) is 0.333. The zero-order valence-corrected chi connectivity index (χ0v) is 19.1. The topological polar surface area (TPSA) is 93.0 Å². The standard InChI is InChI=1S/C24H23N3O5S/c1-15(2)12-26-22(29)17-6-3-4-7-18(17)27-20(28)9-10-24(26,27)23(30)32-13-16-14-33-21(25-16)19-8-5-11-31-19/h3-8,11,14-15H,9-10,12-13H2,1-2H3. The van der Waals surface area contributed by atoms with Gasteiger partial charge in [-0.1, -0.05) is 26.0 Å². The fourth-order valence-corrected chi connectivity index (χ4v) is 5.28. The second kappa shape index (κ2) is 8.15. The lowest BCUT2D eigenvalue weighted by molar-refractivity contribution is -0.159. The summed E-state index contributed by atoms with van der Waals surface area (Å²) in [4.78, 5) is 47.6. The molecular weight excluding hydrogens is 442 g/mol. The molecular formula is C24H23N3O5S. The van der Waals surface area contributed by atoms with Crippen molar-refractivity contribution in [3.63, 3.8) is 0 Å². The summed E-state index contributed by atoms with van der Waals surface area (Å²) in [5.74, 6) is -0.355. The van der Waals surface area contributed by atoms with Gasteiger partial charge in [-0.05, 0) is 30.2 Å². The SMILES string of the molecule is CC(C)CN1C(=O)c2ccccc2N2C(=O)CCC12C(=O)OCc1csc(-c2ccco2)n1. The first-order chi connectivity index (χ1) is 15.9. The van der Waals surface area contributed by atoms with Crippen molar-refractivity contribution in [2.75, 3.05) is 11.4 Å². The maximum atomic E-state index is 13.7. The Hall–Kier alpha value is -3.46. The quantitative estimate of drug-likeness (QED) is 0.509. The molecule has 0 bridgehead atoms. The summed E-state index contributed by atoms with van der Waals surface area (Å²) in [6.07, 6.45) is 1.92. The monoisotopic (exact) mass is 465 g/mol. The molecule has 3 aromatic rings. The Morgan fingerprint density at radius 1 is 1.24 bits per heavy atom. The van der Waals surface area contributed by atoms with Gasteiger partial charge >= 0.3 is 5.97 Å². The molecule has 1 aromatic carbocycles. The van der Waals surface area contributed by atoms with E-state index in [0.717, 1.165) is 0 Å². The summed E-state index contributed by atoms with van der Waals surface area (Å²) in [5.41, 5.74) is -0.0489. The summed E-state index contributed by atoms with van der Waals surface area (Å²) in [5, 5.41) is 2.48. The van der Waals surface area contributed by atoms with Crippen LogP contribution in [0, 0.1) is 5.92 Å². The molecule has 1 atom stereocenters. The first-order valence-corrected chi connectivity index (χ1v) is 11.7. The summed E-state index contributed by atoms with van der Waals surface area (Å²) in [6.45, 7) is 4.20. The predicted octanol–water partition coefficient (Wildman–Crippen LogP) is 4.08. The number of hydrogen-bond donors (Lipinski definition) is 0. The number of esters is 1. The van der Waals surface area contributed by atoms with Gasteiger partial charge in [0.2, 0.25) is 11.6 Å². The van der Waals surface area contributed by atoms with Gasteiger partial charge in [0.1, 0.15) is 6.61 Å². The highest BCUT2D eigenvalue weighted by molar-refractivity contribution is 7.13. The molecule has 2 aliphatic rings. The molecule has 9 heteroatoms. The van der Waals surface area contributed by atoms with Crippen molar-refractivity contribution in [1.82, 2.24) is 9.88 Å². The average Bonchev–Trinajstić information content (AvgIpc) is 3.55. The molecule has 5 rings (SSSR count). The minimum atomic E-state index is -1.49. The molecule has 2 aromatic heterocycles. The highest BCUT2D eigenvalue weighted by Gasteiger charge is 2.61. The molecule has 2 amide bonds. The number of nitrogens with zero attached hydrogens (tertiary/aromatic N) is 3. The number of fused-ring (bicyclic) bond motifs is 3. The number of benzene rings is 1. The molecule has 4 heterocycles. The number of anilines is 1. The molecule has 0 spiro atoms. The van der Waals surface area contributed by atoms with Gasteiger partial charge in [0.25, 0.3) is 5.91 Å². The van der Waals surface area contributed by atoms with Crippen LogP contribution in [0.25, 0.3) is 10.8 Å². The third-order valence-corrected chi connectivity index (χ3v) is 6.79.